The van der Waals surface area contributed by atoms with E-state index < -0.39 is 41.1 Å². The highest BCUT2D eigenvalue weighted by Gasteiger charge is 2.38. The van der Waals surface area contributed by atoms with Gasteiger partial charge in [-0.05, 0) is 74.3 Å². The number of nitrogens with zero attached hydrogens (tertiary/aromatic N) is 3. The van der Waals surface area contributed by atoms with E-state index in [0.29, 0.717) is 18.8 Å². The van der Waals surface area contributed by atoms with Gasteiger partial charge in [0.25, 0.3) is 0 Å². The Morgan fingerprint density at radius 3 is 1.95 bits per heavy atom. The Hall–Kier alpha value is -3.08. The van der Waals surface area contributed by atoms with Crippen molar-refractivity contribution < 1.29 is 28.6 Å². The van der Waals surface area contributed by atoms with Crippen LogP contribution in [0.15, 0.2) is 18.5 Å². The predicted octanol–water partition coefficient (Wildman–Crippen LogP) is 4.43. The summed E-state index contributed by atoms with van der Waals surface area (Å²) in [4.78, 5) is 46.0. The van der Waals surface area contributed by atoms with Gasteiger partial charge in [-0.3, -0.25) is 4.98 Å². The van der Waals surface area contributed by atoms with Gasteiger partial charge >= 0.3 is 18.3 Å². The number of hydrogen-bond acceptors (Lipinski definition) is 9. The number of piperidine rings is 1. The van der Waals surface area contributed by atoms with Crippen LogP contribution in [0.25, 0.3) is 0 Å². The van der Waals surface area contributed by atoms with Crippen LogP contribution in [-0.2, 0) is 14.2 Å². The first-order valence-corrected chi connectivity index (χ1v) is 12.5. The molecule has 0 saturated carbocycles. The van der Waals surface area contributed by atoms with Crippen LogP contribution >= 0.6 is 0 Å². The van der Waals surface area contributed by atoms with Crippen molar-refractivity contribution in [1.82, 2.24) is 10.3 Å². The Kier molecular flexibility index (Phi) is 9.06. The fourth-order valence-corrected chi connectivity index (χ4v) is 3.80. The monoisotopic (exact) mass is 521 g/mol. The molecule has 1 saturated heterocycles. The summed E-state index contributed by atoms with van der Waals surface area (Å²) in [5.41, 5.74) is 4.82. The maximum absolute atomic E-state index is 13.2. The van der Waals surface area contributed by atoms with E-state index in [-0.39, 0.29) is 17.6 Å². The minimum absolute atomic E-state index is 0.0359. The highest BCUT2D eigenvalue weighted by atomic mass is 16.6. The van der Waals surface area contributed by atoms with Crippen molar-refractivity contribution in [3.05, 3.63) is 18.5 Å². The molecule has 1 aromatic heterocycles. The van der Waals surface area contributed by atoms with Crippen LogP contribution in [0.5, 0.6) is 0 Å². The number of imide groups is 1. The van der Waals surface area contributed by atoms with E-state index >= 15 is 0 Å². The van der Waals surface area contributed by atoms with Crippen LogP contribution in [0.3, 0.4) is 0 Å². The summed E-state index contributed by atoms with van der Waals surface area (Å²) >= 11 is 0. The SMILES string of the molecule is C[C@H]1CN(c2ccncc2N(C(=O)OC(C)(C)C)C(=O)OC(C)(C)C)C[C@@H](NC(=O)OC(C)(C)C)[C@H]1N. The maximum atomic E-state index is 13.2. The quantitative estimate of drug-likeness (QED) is 0.553. The number of aromatic nitrogens is 1. The fourth-order valence-electron chi connectivity index (χ4n) is 3.80. The fraction of sp³-hybridized carbons (Fsp3) is 0.692. The molecule has 0 spiro atoms. The van der Waals surface area contributed by atoms with Gasteiger partial charge in [0.2, 0.25) is 0 Å². The Morgan fingerprint density at radius 1 is 0.946 bits per heavy atom. The minimum Gasteiger partial charge on any atom is -0.444 e. The molecular weight excluding hydrogens is 478 g/mol. The molecule has 3 atom stereocenters. The van der Waals surface area contributed by atoms with E-state index in [4.69, 9.17) is 19.9 Å². The molecule has 3 N–H and O–H groups in total. The smallest absolute Gasteiger partial charge is 0.424 e. The average molecular weight is 522 g/mol. The third-order valence-electron chi connectivity index (χ3n) is 5.26. The summed E-state index contributed by atoms with van der Waals surface area (Å²) in [6.07, 6.45) is 0.638. The molecule has 0 radical (unpaired) electrons. The Balaban J connectivity index is 2.45. The predicted molar refractivity (Wildman–Crippen MR) is 142 cm³/mol. The first-order valence-electron chi connectivity index (χ1n) is 12.5. The molecule has 2 rings (SSSR count). The molecule has 0 aromatic carbocycles. The number of carbonyl (C=O) groups excluding carboxylic acids is 3. The average Bonchev–Trinajstić information content (AvgIpc) is 2.67. The molecule has 3 amide bonds. The molecule has 1 aliphatic rings. The number of alkyl carbamates (subject to hydrolysis) is 1. The summed E-state index contributed by atoms with van der Waals surface area (Å²) in [5.74, 6) is -0.0359. The molecule has 0 aliphatic carbocycles. The van der Waals surface area contributed by atoms with E-state index in [2.05, 4.69) is 10.3 Å². The topological polar surface area (TPSA) is 136 Å². The lowest BCUT2D eigenvalue weighted by molar-refractivity contribution is 0.0427. The van der Waals surface area contributed by atoms with E-state index in [0.717, 1.165) is 4.90 Å². The Bertz CT molecular complexity index is 951. The lowest BCUT2D eigenvalue weighted by Gasteiger charge is -2.43. The summed E-state index contributed by atoms with van der Waals surface area (Å²) < 4.78 is 16.5. The van der Waals surface area contributed by atoms with Crippen LogP contribution in [0.1, 0.15) is 69.2 Å². The van der Waals surface area contributed by atoms with Gasteiger partial charge in [-0.15, -0.1) is 0 Å². The number of amides is 3. The molecule has 11 nitrogen and oxygen atoms in total. The zero-order valence-corrected chi connectivity index (χ0v) is 23.7. The molecule has 2 heterocycles. The molecule has 37 heavy (non-hydrogen) atoms. The molecular formula is C26H43N5O6. The number of pyridine rings is 1. The van der Waals surface area contributed by atoms with Crippen molar-refractivity contribution in [2.45, 2.75) is 98.1 Å². The third kappa shape index (κ3) is 9.07. The molecule has 1 aliphatic heterocycles. The summed E-state index contributed by atoms with van der Waals surface area (Å²) in [7, 11) is 0. The molecule has 11 heteroatoms. The summed E-state index contributed by atoms with van der Waals surface area (Å²) in [5, 5.41) is 2.87. The lowest BCUT2D eigenvalue weighted by Crippen LogP contribution is -2.62. The van der Waals surface area contributed by atoms with Crippen LogP contribution in [-0.4, -0.2) is 65.2 Å². The van der Waals surface area contributed by atoms with Crippen LogP contribution in [0, 0.1) is 5.92 Å². The second-order valence-electron chi connectivity index (χ2n) is 12.4. The van der Waals surface area contributed by atoms with Crippen LogP contribution in [0.2, 0.25) is 0 Å². The van der Waals surface area contributed by atoms with E-state index in [1.54, 1.807) is 74.6 Å². The van der Waals surface area contributed by atoms with Crippen molar-refractivity contribution >= 4 is 29.7 Å². The maximum Gasteiger partial charge on any atom is 0.424 e. The summed E-state index contributed by atoms with van der Waals surface area (Å²) in [6.45, 7) is 18.4. The van der Waals surface area contributed by atoms with Crippen molar-refractivity contribution in [1.29, 1.82) is 0 Å². The molecule has 0 bridgehead atoms. The second-order valence-corrected chi connectivity index (χ2v) is 12.4. The van der Waals surface area contributed by atoms with Crippen molar-refractivity contribution in [2.75, 3.05) is 22.9 Å². The van der Waals surface area contributed by atoms with Gasteiger partial charge in [0, 0.05) is 25.3 Å². The minimum atomic E-state index is -0.888. The van der Waals surface area contributed by atoms with Crippen molar-refractivity contribution in [3.8, 4) is 0 Å². The van der Waals surface area contributed by atoms with Crippen LogP contribution < -0.4 is 20.9 Å². The Labute approximate surface area is 220 Å². The molecule has 0 unspecified atom stereocenters. The number of nitrogens with one attached hydrogen (secondary N) is 1. The first-order chi connectivity index (χ1) is 16.8. The normalized spacial score (nSPS) is 20.6. The zero-order valence-electron chi connectivity index (χ0n) is 23.7. The van der Waals surface area contributed by atoms with Crippen molar-refractivity contribution in [3.63, 3.8) is 0 Å². The van der Waals surface area contributed by atoms with Gasteiger partial charge in [-0.2, -0.15) is 4.90 Å². The van der Waals surface area contributed by atoms with E-state index in [1.165, 1.54) is 6.20 Å². The number of anilines is 2. The van der Waals surface area contributed by atoms with Gasteiger partial charge in [-0.25, -0.2) is 14.4 Å². The number of nitrogens with two attached hydrogens (primary N) is 1. The van der Waals surface area contributed by atoms with Crippen molar-refractivity contribution in [2.24, 2.45) is 11.7 Å². The summed E-state index contributed by atoms with van der Waals surface area (Å²) in [6, 6.07) is 0.920. The molecule has 1 fully saturated rings. The van der Waals surface area contributed by atoms with Gasteiger partial charge in [-0.1, -0.05) is 6.92 Å². The highest BCUT2D eigenvalue weighted by molar-refractivity contribution is 6.11. The molecule has 208 valence electrons. The van der Waals surface area contributed by atoms with Gasteiger partial charge < -0.3 is 30.2 Å². The Morgan fingerprint density at radius 2 is 1.46 bits per heavy atom. The highest BCUT2D eigenvalue weighted by Crippen LogP contribution is 2.34. The number of hydrogen-bond donors (Lipinski definition) is 2. The standard InChI is InChI=1S/C26H43N5O6/c1-16-14-30(15-17(20(16)27)29-21(32)35-24(2,3)4)18-11-12-28-13-19(18)31(22(33)36-25(5,6)7)23(34)37-26(8,9)10/h11-13,16-17,20H,14-15,27H2,1-10H3,(H,29,32)/t16-,17+,20-/m0/s1. The number of ether oxygens (including phenoxy) is 3. The largest absolute Gasteiger partial charge is 0.444 e. The van der Waals surface area contributed by atoms with E-state index in [1.807, 2.05) is 11.8 Å². The zero-order chi connectivity index (χ0) is 28.3. The lowest BCUT2D eigenvalue weighted by atomic mass is 9.90. The number of carbonyl (C=O) groups is 3. The third-order valence-corrected chi connectivity index (χ3v) is 5.26. The van der Waals surface area contributed by atoms with Crippen LogP contribution in [0.4, 0.5) is 25.8 Å². The second kappa shape index (κ2) is 11.1. The van der Waals surface area contributed by atoms with Gasteiger partial charge in [0.05, 0.1) is 17.9 Å². The van der Waals surface area contributed by atoms with E-state index in [9.17, 15) is 14.4 Å². The molecule has 1 aromatic rings. The first kappa shape index (κ1) is 30.1. The number of rotatable bonds is 3. The van der Waals surface area contributed by atoms with Gasteiger partial charge in [0.1, 0.15) is 22.5 Å². The van der Waals surface area contributed by atoms with Gasteiger partial charge in [0.15, 0.2) is 0 Å².